The minimum absolute atomic E-state index is 0.663. The highest BCUT2D eigenvalue weighted by molar-refractivity contribution is 5.79. The highest BCUT2D eigenvalue weighted by Crippen LogP contribution is 2.16. The summed E-state index contributed by atoms with van der Waals surface area (Å²) in [7, 11) is 5.63. The van der Waals surface area contributed by atoms with E-state index in [9.17, 15) is 0 Å². The molecule has 0 bridgehead atoms. The summed E-state index contributed by atoms with van der Waals surface area (Å²) in [5.41, 5.74) is 1.18. The van der Waals surface area contributed by atoms with Crippen LogP contribution in [0.2, 0.25) is 0 Å². The van der Waals surface area contributed by atoms with Gasteiger partial charge in [0.05, 0.1) is 6.61 Å². The van der Waals surface area contributed by atoms with Gasteiger partial charge in [0, 0.05) is 52.9 Å². The lowest BCUT2D eigenvalue weighted by molar-refractivity contribution is 0.150. The average molecular weight is 434 g/mol. The number of hydrogen-bond donors (Lipinski definition) is 2. The number of piperidine rings is 1. The topological polar surface area (TPSA) is 61.4 Å². The van der Waals surface area contributed by atoms with Crippen LogP contribution in [0.3, 0.4) is 0 Å². The van der Waals surface area contributed by atoms with Crippen molar-refractivity contribution in [1.29, 1.82) is 0 Å². The van der Waals surface area contributed by atoms with E-state index in [1.165, 1.54) is 31.4 Å². The molecular formula is C24H43N5O2. The van der Waals surface area contributed by atoms with Crippen LogP contribution in [0, 0.1) is 0 Å². The second kappa shape index (κ2) is 15.1. The largest absolute Gasteiger partial charge is 0.492 e. The van der Waals surface area contributed by atoms with Crippen molar-refractivity contribution < 1.29 is 9.47 Å². The SMILES string of the molecule is CN=C(NCCCN1CCCCC1C)NCc1cccc(OCCN(C)CCOC)c1. The molecule has 0 amide bonds. The fourth-order valence-corrected chi connectivity index (χ4v) is 3.81. The van der Waals surface area contributed by atoms with E-state index in [0.717, 1.165) is 57.0 Å². The maximum absolute atomic E-state index is 5.92. The lowest BCUT2D eigenvalue weighted by Crippen LogP contribution is -2.41. The summed E-state index contributed by atoms with van der Waals surface area (Å²) in [6.07, 6.45) is 5.19. The van der Waals surface area contributed by atoms with E-state index in [0.29, 0.717) is 13.2 Å². The number of rotatable bonds is 13. The number of likely N-dealkylation sites (N-methyl/N-ethyl adjacent to an activating group) is 1. The van der Waals surface area contributed by atoms with Gasteiger partial charge in [0.25, 0.3) is 0 Å². The van der Waals surface area contributed by atoms with Crippen LogP contribution < -0.4 is 15.4 Å². The van der Waals surface area contributed by atoms with Crippen LogP contribution in [0.25, 0.3) is 0 Å². The lowest BCUT2D eigenvalue weighted by atomic mass is 10.0. The normalized spacial score (nSPS) is 17.7. The fourth-order valence-electron chi connectivity index (χ4n) is 3.81. The molecule has 2 N–H and O–H groups in total. The summed E-state index contributed by atoms with van der Waals surface area (Å²) < 4.78 is 11.0. The van der Waals surface area contributed by atoms with Gasteiger partial charge in [0.15, 0.2) is 5.96 Å². The number of likely N-dealkylation sites (tertiary alicyclic amines) is 1. The summed E-state index contributed by atoms with van der Waals surface area (Å²) in [5.74, 6) is 1.75. The highest BCUT2D eigenvalue weighted by Gasteiger charge is 2.17. The molecule has 1 aromatic rings. The average Bonchev–Trinajstić information content (AvgIpc) is 2.78. The Morgan fingerprint density at radius 2 is 2.06 bits per heavy atom. The fraction of sp³-hybridized carbons (Fsp3) is 0.708. The Hall–Kier alpha value is -1.83. The van der Waals surface area contributed by atoms with E-state index in [1.807, 2.05) is 19.2 Å². The molecule has 176 valence electrons. The number of nitrogens with zero attached hydrogens (tertiary/aromatic N) is 3. The van der Waals surface area contributed by atoms with Crippen LogP contribution in [0.1, 0.15) is 38.2 Å². The van der Waals surface area contributed by atoms with Crippen molar-refractivity contribution in [3.63, 3.8) is 0 Å². The van der Waals surface area contributed by atoms with Crippen molar-refractivity contribution in [3.05, 3.63) is 29.8 Å². The van der Waals surface area contributed by atoms with Crippen molar-refractivity contribution in [2.45, 2.75) is 45.2 Å². The number of aliphatic imine (C=N–C) groups is 1. The molecule has 0 saturated carbocycles. The van der Waals surface area contributed by atoms with E-state index in [4.69, 9.17) is 9.47 Å². The Morgan fingerprint density at radius 3 is 2.84 bits per heavy atom. The zero-order valence-corrected chi connectivity index (χ0v) is 20.0. The summed E-state index contributed by atoms with van der Waals surface area (Å²) in [6, 6.07) is 8.97. The van der Waals surface area contributed by atoms with E-state index >= 15 is 0 Å². The summed E-state index contributed by atoms with van der Waals surface area (Å²) in [6.45, 7) is 9.59. The summed E-state index contributed by atoms with van der Waals surface area (Å²) in [5, 5.41) is 6.84. The van der Waals surface area contributed by atoms with Crippen LogP contribution >= 0.6 is 0 Å². The molecule has 1 saturated heterocycles. The van der Waals surface area contributed by atoms with Gasteiger partial charge in [-0.05, 0) is 57.5 Å². The third-order valence-corrected chi connectivity index (χ3v) is 5.86. The van der Waals surface area contributed by atoms with Gasteiger partial charge in [-0.25, -0.2) is 0 Å². The van der Waals surface area contributed by atoms with Crippen LogP contribution in [-0.4, -0.2) is 88.9 Å². The molecule has 1 fully saturated rings. The zero-order chi connectivity index (χ0) is 22.3. The van der Waals surface area contributed by atoms with E-state index in [2.05, 4.69) is 51.5 Å². The monoisotopic (exact) mass is 433 g/mol. The molecule has 1 aromatic carbocycles. The molecule has 0 spiro atoms. The standard InChI is InChI=1S/C24H43N5O2/c1-21-9-5-6-13-29(21)14-8-12-26-24(25-2)27-20-22-10-7-11-23(19-22)31-18-16-28(3)15-17-30-4/h7,10-11,19,21H,5-6,8-9,12-18,20H2,1-4H3,(H2,25,26,27). The number of guanidine groups is 1. The number of benzene rings is 1. The molecular weight excluding hydrogens is 390 g/mol. The maximum atomic E-state index is 5.92. The first-order chi connectivity index (χ1) is 15.1. The van der Waals surface area contributed by atoms with Crippen molar-refractivity contribution in [3.8, 4) is 5.75 Å². The number of methoxy groups -OCH3 is 1. The molecule has 1 unspecified atom stereocenters. The Kier molecular flexibility index (Phi) is 12.3. The molecule has 1 aliphatic heterocycles. The van der Waals surface area contributed by atoms with E-state index in [1.54, 1.807) is 7.11 Å². The van der Waals surface area contributed by atoms with Gasteiger partial charge in [-0.3, -0.25) is 4.99 Å². The summed E-state index contributed by atoms with van der Waals surface area (Å²) >= 11 is 0. The molecule has 0 radical (unpaired) electrons. The Balaban J connectivity index is 1.65. The van der Waals surface area contributed by atoms with Crippen molar-refractivity contribution in [1.82, 2.24) is 20.4 Å². The predicted octanol–water partition coefficient (Wildman–Crippen LogP) is 2.57. The lowest BCUT2D eigenvalue weighted by Gasteiger charge is -2.33. The second-order valence-corrected chi connectivity index (χ2v) is 8.38. The molecule has 0 aromatic heterocycles. The van der Waals surface area contributed by atoms with Crippen molar-refractivity contribution >= 4 is 5.96 Å². The molecule has 31 heavy (non-hydrogen) atoms. The Bertz CT molecular complexity index is 640. The third kappa shape index (κ3) is 10.4. The Morgan fingerprint density at radius 1 is 1.23 bits per heavy atom. The smallest absolute Gasteiger partial charge is 0.191 e. The van der Waals surface area contributed by atoms with E-state index < -0.39 is 0 Å². The van der Waals surface area contributed by atoms with Gasteiger partial charge >= 0.3 is 0 Å². The van der Waals surface area contributed by atoms with Gasteiger partial charge in [0.1, 0.15) is 12.4 Å². The minimum Gasteiger partial charge on any atom is -0.492 e. The molecule has 7 nitrogen and oxygen atoms in total. The summed E-state index contributed by atoms with van der Waals surface area (Å²) in [4.78, 5) is 9.17. The number of ether oxygens (including phenoxy) is 2. The zero-order valence-electron chi connectivity index (χ0n) is 20.0. The van der Waals surface area contributed by atoms with Gasteiger partial charge < -0.3 is 29.9 Å². The third-order valence-electron chi connectivity index (χ3n) is 5.86. The predicted molar refractivity (Wildman–Crippen MR) is 129 cm³/mol. The molecule has 0 aliphatic carbocycles. The highest BCUT2D eigenvalue weighted by atomic mass is 16.5. The first-order valence-corrected chi connectivity index (χ1v) is 11.7. The maximum Gasteiger partial charge on any atom is 0.191 e. The van der Waals surface area contributed by atoms with Gasteiger partial charge in [-0.2, -0.15) is 0 Å². The van der Waals surface area contributed by atoms with Crippen LogP contribution in [0.15, 0.2) is 29.3 Å². The first kappa shape index (κ1) is 25.4. The van der Waals surface area contributed by atoms with Crippen LogP contribution in [0.4, 0.5) is 0 Å². The van der Waals surface area contributed by atoms with Crippen molar-refractivity contribution in [2.75, 3.05) is 67.1 Å². The molecule has 2 rings (SSSR count). The van der Waals surface area contributed by atoms with Crippen LogP contribution in [-0.2, 0) is 11.3 Å². The van der Waals surface area contributed by atoms with Gasteiger partial charge in [-0.15, -0.1) is 0 Å². The molecule has 1 heterocycles. The van der Waals surface area contributed by atoms with Crippen LogP contribution in [0.5, 0.6) is 5.75 Å². The Labute approximate surface area is 189 Å². The quantitative estimate of drug-likeness (QED) is 0.283. The molecule has 1 atom stereocenters. The minimum atomic E-state index is 0.663. The first-order valence-electron chi connectivity index (χ1n) is 11.7. The van der Waals surface area contributed by atoms with Gasteiger partial charge in [-0.1, -0.05) is 18.6 Å². The molecule has 1 aliphatic rings. The molecule has 7 heteroatoms. The number of hydrogen-bond acceptors (Lipinski definition) is 5. The second-order valence-electron chi connectivity index (χ2n) is 8.38. The van der Waals surface area contributed by atoms with E-state index in [-0.39, 0.29) is 0 Å². The van der Waals surface area contributed by atoms with Crippen molar-refractivity contribution in [2.24, 2.45) is 4.99 Å². The van der Waals surface area contributed by atoms with Gasteiger partial charge in [0.2, 0.25) is 0 Å². The number of nitrogens with one attached hydrogen (secondary N) is 2.